The maximum Gasteiger partial charge on any atom is 0.123 e. The first-order valence-corrected chi connectivity index (χ1v) is 7.22. The number of hydrogen-bond donors (Lipinski definition) is 1. The average Bonchev–Trinajstić information content (AvgIpc) is 2.81. The van der Waals surface area contributed by atoms with E-state index in [1.807, 2.05) is 12.3 Å². The van der Waals surface area contributed by atoms with Crippen LogP contribution in [0.4, 0.5) is 4.39 Å². The van der Waals surface area contributed by atoms with Gasteiger partial charge in [0, 0.05) is 30.0 Å². The second kappa shape index (κ2) is 6.91. The van der Waals surface area contributed by atoms with Gasteiger partial charge in [0.2, 0.25) is 0 Å². The van der Waals surface area contributed by atoms with Crippen molar-refractivity contribution in [1.29, 1.82) is 0 Å². The fraction of sp³-hybridized carbons (Fsp3) is 0.375. The van der Waals surface area contributed by atoms with Gasteiger partial charge in [-0.25, -0.2) is 4.39 Å². The van der Waals surface area contributed by atoms with Gasteiger partial charge in [-0.15, -0.1) is 0 Å². The molecule has 4 heteroatoms. The van der Waals surface area contributed by atoms with E-state index in [1.165, 1.54) is 17.8 Å². The molecule has 1 N–H and O–H groups in total. The van der Waals surface area contributed by atoms with E-state index in [0.717, 1.165) is 18.7 Å². The Labute approximate surface area is 124 Å². The summed E-state index contributed by atoms with van der Waals surface area (Å²) in [5.41, 5.74) is 1.97. The van der Waals surface area contributed by atoms with Crippen LogP contribution in [-0.2, 0) is 13.1 Å². The monoisotopic (exact) mass is 294 g/mol. The van der Waals surface area contributed by atoms with Crippen molar-refractivity contribution in [3.8, 4) is 0 Å². The number of rotatable bonds is 6. The molecule has 0 saturated carbocycles. The average molecular weight is 295 g/mol. The van der Waals surface area contributed by atoms with E-state index in [2.05, 4.69) is 29.8 Å². The topological polar surface area (TPSA) is 17.0 Å². The standard InChI is InChI=1S/C16H20ClFN2/c1-12(2)9-19-10-15-4-3-7-20(15)11-13-8-14(18)5-6-16(13)17/h3-8,12,19H,9-11H2,1-2H3. The number of nitrogens with zero attached hydrogens (tertiary/aromatic N) is 1. The molecule has 2 rings (SSSR count). The van der Waals surface area contributed by atoms with Crippen LogP contribution in [0.2, 0.25) is 5.02 Å². The third kappa shape index (κ3) is 4.09. The lowest BCUT2D eigenvalue weighted by atomic mass is 10.2. The Morgan fingerprint density at radius 3 is 2.85 bits per heavy atom. The van der Waals surface area contributed by atoms with E-state index in [-0.39, 0.29) is 5.82 Å². The minimum absolute atomic E-state index is 0.254. The van der Waals surface area contributed by atoms with E-state index in [1.54, 1.807) is 6.07 Å². The summed E-state index contributed by atoms with van der Waals surface area (Å²) in [6.45, 7) is 6.73. The Morgan fingerprint density at radius 2 is 2.10 bits per heavy atom. The summed E-state index contributed by atoms with van der Waals surface area (Å²) >= 11 is 6.12. The first-order chi connectivity index (χ1) is 9.56. The third-order valence-corrected chi connectivity index (χ3v) is 3.50. The molecule has 20 heavy (non-hydrogen) atoms. The Bertz CT molecular complexity index is 563. The van der Waals surface area contributed by atoms with Gasteiger partial charge >= 0.3 is 0 Å². The van der Waals surface area contributed by atoms with Crippen LogP contribution in [0.3, 0.4) is 0 Å². The Kier molecular flexibility index (Phi) is 5.21. The van der Waals surface area contributed by atoms with Gasteiger partial charge in [0.1, 0.15) is 5.82 Å². The van der Waals surface area contributed by atoms with Crippen molar-refractivity contribution in [2.24, 2.45) is 5.92 Å². The van der Waals surface area contributed by atoms with E-state index < -0.39 is 0 Å². The van der Waals surface area contributed by atoms with Gasteiger partial charge in [0.25, 0.3) is 0 Å². The van der Waals surface area contributed by atoms with Gasteiger partial charge < -0.3 is 9.88 Å². The van der Waals surface area contributed by atoms with Gasteiger partial charge in [0.15, 0.2) is 0 Å². The SMILES string of the molecule is CC(C)CNCc1cccn1Cc1cc(F)ccc1Cl. The predicted molar refractivity (Wildman–Crippen MR) is 81.5 cm³/mol. The molecule has 0 radical (unpaired) electrons. The van der Waals surface area contributed by atoms with Crippen LogP contribution >= 0.6 is 11.6 Å². The second-order valence-corrected chi connectivity index (χ2v) is 5.80. The lowest BCUT2D eigenvalue weighted by Gasteiger charge is -2.12. The first-order valence-electron chi connectivity index (χ1n) is 6.85. The molecule has 2 aromatic rings. The summed E-state index contributed by atoms with van der Waals surface area (Å²) in [5, 5.41) is 4.01. The quantitative estimate of drug-likeness (QED) is 0.849. The molecule has 0 atom stereocenters. The number of benzene rings is 1. The van der Waals surface area contributed by atoms with E-state index >= 15 is 0 Å². The zero-order valence-corrected chi connectivity index (χ0v) is 12.6. The molecular weight excluding hydrogens is 275 g/mol. The minimum Gasteiger partial charge on any atom is -0.346 e. The van der Waals surface area contributed by atoms with Crippen LogP contribution in [0, 0.1) is 11.7 Å². The normalized spacial score (nSPS) is 11.2. The van der Waals surface area contributed by atoms with Gasteiger partial charge in [0.05, 0.1) is 0 Å². The maximum atomic E-state index is 13.3. The highest BCUT2D eigenvalue weighted by atomic mass is 35.5. The minimum atomic E-state index is -0.254. The molecule has 2 nitrogen and oxygen atoms in total. The van der Waals surface area contributed by atoms with Gasteiger partial charge in [-0.2, -0.15) is 0 Å². The maximum absolute atomic E-state index is 13.3. The van der Waals surface area contributed by atoms with Crippen molar-refractivity contribution in [2.45, 2.75) is 26.9 Å². The van der Waals surface area contributed by atoms with Crippen molar-refractivity contribution in [3.05, 3.63) is 58.6 Å². The largest absolute Gasteiger partial charge is 0.346 e. The van der Waals surface area contributed by atoms with Crippen molar-refractivity contribution >= 4 is 11.6 Å². The number of aromatic nitrogens is 1. The van der Waals surface area contributed by atoms with Crippen molar-refractivity contribution < 1.29 is 4.39 Å². The summed E-state index contributed by atoms with van der Waals surface area (Å²) in [6.07, 6.45) is 1.99. The summed E-state index contributed by atoms with van der Waals surface area (Å²) in [6, 6.07) is 8.55. The Morgan fingerprint density at radius 1 is 1.30 bits per heavy atom. The van der Waals surface area contributed by atoms with Crippen LogP contribution in [0.5, 0.6) is 0 Å². The van der Waals surface area contributed by atoms with Gasteiger partial charge in [-0.1, -0.05) is 25.4 Å². The van der Waals surface area contributed by atoms with Crippen LogP contribution in [0.1, 0.15) is 25.1 Å². The van der Waals surface area contributed by atoms with Crippen molar-refractivity contribution in [3.63, 3.8) is 0 Å². The number of hydrogen-bond acceptors (Lipinski definition) is 1. The molecule has 0 spiro atoms. The van der Waals surface area contributed by atoms with Crippen molar-refractivity contribution in [2.75, 3.05) is 6.54 Å². The Hall–Kier alpha value is -1.32. The lowest BCUT2D eigenvalue weighted by Crippen LogP contribution is -2.21. The second-order valence-electron chi connectivity index (χ2n) is 5.39. The third-order valence-electron chi connectivity index (χ3n) is 3.13. The summed E-state index contributed by atoms with van der Waals surface area (Å²) in [7, 11) is 0. The molecule has 1 aromatic heterocycles. The molecule has 108 valence electrons. The fourth-order valence-corrected chi connectivity index (χ4v) is 2.28. The molecule has 0 bridgehead atoms. The van der Waals surface area contributed by atoms with Crippen LogP contribution in [-0.4, -0.2) is 11.1 Å². The molecule has 0 aliphatic rings. The molecule has 0 amide bonds. The van der Waals surface area contributed by atoms with E-state index in [9.17, 15) is 4.39 Å². The molecule has 0 fully saturated rings. The summed E-state index contributed by atoms with van der Waals surface area (Å²) in [5.74, 6) is 0.368. The highest BCUT2D eigenvalue weighted by Crippen LogP contribution is 2.19. The highest BCUT2D eigenvalue weighted by Gasteiger charge is 2.06. The molecule has 0 aliphatic heterocycles. The summed E-state index contributed by atoms with van der Waals surface area (Å²) in [4.78, 5) is 0. The van der Waals surface area contributed by atoms with E-state index in [0.29, 0.717) is 17.5 Å². The van der Waals surface area contributed by atoms with Crippen LogP contribution in [0.15, 0.2) is 36.5 Å². The molecular formula is C16H20ClFN2. The van der Waals surface area contributed by atoms with Crippen LogP contribution in [0.25, 0.3) is 0 Å². The predicted octanol–water partition coefficient (Wildman–Crippen LogP) is 4.07. The number of halogens is 2. The molecule has 0 saturated heterocycles. The molecule has 1 aromatic carbocycles. The molecule has 0 unspecified atom stereocenters. The van der Waals surface area contributed by atoms with Gasteiger partial charge in [-0.05, 0) is 48.4 Å². The molecule has 1 heterocycles. The first kappa shape index (κ1) is 15.1. The van der Waals surface area contributed by atoms with Crippen LogP contribution < -0.4 is 5.32 Å². The van der Waals surface area contributed by atoms with Gasteiger partial charge in [-0.3, -0.25) is 0 Å². The lowest BCUT2D eigenvalue weighted by molar-refractivity contribution is 0.539. The zero-order chi connectivity index (χ0) is 14.5. The van der Waals surface area contributed by atoms with E-state index in [4.69, 9.17) is 11.6 Å². The highest BCUT2D eigenvalue weighted by molar-refractivity contribution is 6.31. The zero-order valence-electron chi connectivity index (χ0n) is 11.9. The fourth-order valence-electron chi connectivity index (χ4n) is 2.10. The smallest absolute Gasteiger partial charge is 0.123 e. The number of nitrogens with one attached hydrogen (secondary N) is 1. The Balaban J connectivity index is 2.06. The summed E-state index contributed by atoms with van der Waals surface area (Å²) < 4.78 is 15.4. The molecule has 0 aliphatic carbocycles. The van der Waals surface area contributed by atoms with Crippen molar-refractivity contribution in [1.82, 2.24) is 9.88 Å².